The molecule has 1 unspecified atom stereocenters. The molecule has 1 aromatic rings. The third-order valence-electron chi connectivity index (χ3n) is 3.89. The molecule has 0 radical (unpaired) electrons. The van der Waals surface area contributed by atoms with Gasteiger partial charge >= 0.3 is 5.97 Å². The molecule has 3 heteroatoms. The van der Waals surface area contributed by atoms with E-state index in [4.69, 9.17) is 4.74 Å². The molecule has 1 atom stereocenters. The van der Waals surface area contributed by atoms with Crippen LogP contribution in [0.15, 0.2) is 36.9 Å². The molecule has 0 saturated carbocycles. The molecule has 0 aliphatic carbocycles. The molecule has 0 aliphatic heterocycles. The first-order valence-electron chi connectivity index (χ1n) is 8.22. The summed E-state index contributed by atoms with van der Waals surface area (Å²) in [6, 6.07) is 7.43. The number of esters is 1. The second kappa shape index (κ2) is 8.66. The van der Waals surface area contributed by atoms with Gasteiger partial charge < -0.3 is 4.74 Å². The van der Waals surface area contributed by atoms with E-state index in [0.717, 1.165) is 18.4 Å². The predicted molar refractivity (Wildman–Crippen MR) is 93.6 cm³/mol. The van der Waals surface area contributed by atoms with Crippen molar-refractivity contribution in [3.05, 3.63) is 48.0 Å². The third-order valence-corrected chi connectivity index (χ3v) is 3.89. The van der Waals surface area contributed by atoms with Crippen LogP contribution in [0.5, 0.6) is 0 Å². The van der Waals surface area contributed by atoms with Crippen molar-refractivity contribution in [2.24, 2.45) is 5.41 Å². The van der Waals surface area contributed by atoms with Gasteiger partial charge in [-0.3, -0.25) is 4.79 Å². The maximum atomic E-state index is 12.0. The normalized spacial score (nSPS) is 12.5. The van der Waals surface area contributed by atoms with Gasteiger partial charge in [0.1, 0.15) is 5.78 Å². The van der Waals surface area contributed by atoms with Crippen molar-refractivity contribution in [3.63, 3.8) is 0 Å². The van der Waals surface area contributed by atoms with Gasteiger partial charge in [-0.05, 0) is 37.5 Å². The Balaban J connectivity index is 2.63. The van der Waals surface area contributed by atoms with Gasteiger partial charge in [-0.25, -0.2) is 4.79 Å². The van der Waals surface area contributed by atoms with Crippen LogP contribution in [-0.2, 0) is 9.53 Å². The largest absolute Gasteiger partial charge is 0.462 e. The fourth-order valence-electron chi connectivity index (χ4n) is 2.36. The van der Waals surface area contributed by atoms with Crippen LogP contribution in [0.1, 0.15) is 68.8 Å². The van der Waals surface area contributed by atoms with E-state index >= 15 is 0 Å². The fourth-order valence-corrected chi connectivity index (χ4v) is 2.36. The summed E-state index contributed by atoms with van der Waals surface area (Å²) in [5, 5.41) is 0. The second-order valence-corrected chi connectivity index (χ2v) is 6.75. The van der Waals surface area contributed by atoms with E-state index < -0.39 is 0 Å². The van der Waals surface area contributed by atoms with E-state index in [-0.39, 0.29) is 23.1 Å². The van der Waals surface area contributed by atoms with Gasteiger partial charge in [-0.1, -0.05) is 39.0 Å². The maximum Gasteiger partial charge on any atom is 0.338 e. The van der Waals surface area contributed by atoms with Crippen LogP contribution in [-0.4, -0.2) is 18.4 Å². The molecule has 1 aromatic carbocycles. The number of rotatable bonds is 8. The molecule has 0 spiro atoms. The number of benzene rings is 1. The number of carbonyl (C=O) groups excluding carboxylic acids is 2. The summed E-state index contributed by atoms with van der Waals surface area (Å²) in [6.07, 6.45) is 4.21. The third kappa shape index (κ3) is 6.01. The van der Waals surface area contributed by atoms with Gasteiger partial charge in [0.2, 0.25) is 0 Å². The van der Waals surface area contributed by atoms with Gasteiger partial charge in [0, 0.05) is 17.8 Å². The number of hydrogen-bond acceptors (Lipinski definition) is 3. The fraction of sp³-hybridized carbons (Fsp3) is 0.500. The quantitative estimate of drug-likeness (QED) is 0.505. The van der Waals surface area contributed by atoms with E-state index in [1.807, 2.05) is 39.0 Å². The maximum absolute atomic E-state index is 12.0. The number of carbonyl (C=O) groups is 2. The minimum atomic E-state index is -0.301. The first-order chi connectivity index (χ1) is 10.8. The van der Waals surface area contributed by atoms with Crippen molar-refractivity contribution >= 4 is 11.8 Å². The highest BCUT2D eigenvalue weighted by Crippen LogP contribution is 2.25. The Morgan fingerprint density at radius 2 is 1.83 bits per heavy atom. The molecule has 0 fully saturated rings. The van der Waals surface area contributed by atoms with E-state index in [9.17, 15) is 9.59 Å². The Labute approximate surface area is 139 Å². The summed E-state index contributed by atoms with van der Waals surface area (Å²) < 4.78 is 4.98. The van der Waals surface area contributed by atoms with Crippen LogP contribution in [0.4, 0.5) is 0 Å². The minimum Gasteiger partial charge on any atom is -0.462 e. The lowest BCUT2D eigenvalue weighted by molar-refractivity contribution is -0.126. The van der Waals surface area contributed by atoms with Crippen molar-refractivity contribution < 1.29 is 14.3 Å². The summed E-state index contributed by atoms with van der Waals surface area (Å²) in [7, 11) is 0. The number of hydrogen-bond donors (Lipinski definition) is 0. The highest BCUT2D eigenvalue weighted by atomic mass is 16.5. The summed E-state index contributed by atoms with van der Waals surface area (Å²) >= 11 is 0. The highest BCUT2D eigenvalue weighted by Gasteiger charge is 2.20. The van der Waals surface area contributed by atoms with Gasteiger partial charge in [-0.2, -0.15) is 0 Å². The molecule has 0 bridgehead atoms. The number of allylic oxidation sites excluding steroid dienone is 1. The minimum absolute atomic E-state index is 0.194. The van der Waals surface area contributed by atoms with Crippen molar-refractivity contribution in [1.82, 2.24) is 0 Å². The molecular formula is C20H28O3. The molecular weight excluding hydrogens is 288 g/mol. The Morgan fingerprint density at radius 1 is 1.22 bits per heavy atom. The van der Waals surface area contributed by atoms with Crippen LogP contribution in [0, 0.1) is 5.41 Å². The number of Topliss-reactive ketones (excluding diaryl/α,β-unsaturated/α-hetero) is 1. The van der Waals surface area contributed by atoms with Crippen LogP contribution in [0.3, 0.4) is 0 Å². The average molecular weight is 316 g/mol. The van der Waals surface area contributed by atoms with E-state index in [1.54, 1.807) is 19.1 Å². The molecule has 1 rings (SSSR count). The topological polar surface area (TPSA) is 43.4 Å². The van der Waals surface area contributed by atoms with Crippen LogP contribution in [0.2, 0.25) is 0 Å². The van der Waals surface area contributed by atoms with E-state index in [2.05, 4.69) is 6.58 Å². The molecule has 0 heterocycles. The summed E-state index contributed by atoms with van der Waals surface area (Å²) in [5.74, 6) is 0.182. The standard InChI is InChI=1S/C20H28O3/c1-6-15(9-8-10-18(21)20(3,4)5)16-11-13-17(14-12-16)19(22)23-7-2/h6,11-15H,1,7-10H2,2-5H3. The molecule has 0 aliphatic rings. The van der Waals surface area contributed by atoms with E-state index in [0.29, 0.717) is 18.6 Å². The zero-order valence-electron chi connectivity index (χ0n) is 14.7. The lowest BCUT2D eigenvalue weighted by Crippen LogP contribution is -2.19. The van der Waals surface area contributed by atoms with Crippen LogP contribution >= 0.6 is 0 Å². The van der Waals surface area contributed by atoms with Crippen LogP contribution in [0.25, 0.3) is 0 Å². The zero-order chi connectivity index (χ0) is 17.5. The smallest absolute Gasteiger partial charge is 0.338 e. The van der Waals surface area contributed by atoms with Gasteiger partial charge in [-0.15, -0.1) is 6.58 Å². The summed E-state index contributed by atoms with van der Waals surface area (Å²) in [6.45, 7) is 11.9. The number of ketones is 1. The average Bonchev–Trinajstić information content (AvgIpc) is 2.51. The summed E-state index contributed by atoms with van der Waals surface area (Å²) in [5.41, 5.74) is 1.39. The monoisotopic (exact) mass is 316 g/mol. The van der Waals surface area contributed by atoms with Gasteiger partial charge in [0.05, 0.1) is 12.2 Å². The van der Waals surface area contributed by atoms with Crippen LogP contribution < -0.4 is 0 Å². The van der Waals surface area contributed by atoms with Crippen molar-refractivity contribution in [1.29, 1.82) is 0 Å². The lowest BCUT2D eigenvalue weighted by atomic mass is 9.86. The van der Waals surface area contributed by atoms with E-state index in [1.165, 1.54) is 0 Å². The molecule has 0 saturated heterocycles. The number of ether oxygens (including phenoxy) is 1. The SMILES string of the molecule is C=CC(CCCC(=O)C(C)(C)C)c1ccc(C(=O)OCC)cc1. The predicted octanol–water partition coefficient (Wildman–Crippen LogP) is 4.92. The van der Waals surface area contributed by atoms with Gasteiger partial charge in [0.15, 0.2) is 0 Å². The lowest BCUT2D eigenvalue weighted by Gasteiger charge is -2.18. The Morgan fingerprint density at radius 3 is 2.30 bits per heavy atom. The molecule has 23 heavy (non-hydrogen) atoms. The van der Waals surface area contributed by atoms with Crippen molar-refractivity contribution in [2.45, 2.75) is 52.9 Å². The Hall–Kier alpha value is -1.90. The molecule has 0 aromatic heterocycles. The molecule has 0 amide bonds. The van der Waals surface area contributed by atoms with Crippen molar-refractivity contribution in [2.75, 3.05) is 6.61 Å². The first kappa shape index (κ1) is 19.1. The first-order valence-corrected chi connectivity index (χ1v) is 8.22. The van der Waals surface area contributed by atoms with Gasteiger partial charge in [0.25, 0.3) is 0 Å². The molecule has 0 N–H and O–H groups in total. The highest BCUT2D eigenvalue weighted by molar-refractivity contribution is 5.89. The summed E-state index contributed by atoms with van der Waals surface area (Å²) in [4.78, 5) is 23.6. The zero-order valence-corrected chi connectivity index (χ0v) is 14.7. The Kier molecular flexibility index (Phi) is 7.21. The van der Waals surface area contributed by atoms with Crippen molar-refractivity contribution in [3.8, 4) is 0 Å². The molecule has 3 nitrogen and oxygen atoms in total. The molecule has 126 valence electrons. The Bertz CT molecular complexity index is 535. The second-order valence-electron chi connectivity index (χ2n) is 6.75.